The van der Waals surface area contributed by atoms with Crippen LogP contribution in [0.3, 0.4) is 0 Å². The van der Waals surface area contributed by atoms with E-state index in [1.165, 1.54) is 0 Å². The predicted octanol–water partition coefficient (Wildman–Crippen LogP) is 6.47. The van der Waals surface area contributed by atoms with E-state index in [0.29, 0.717) is 24.5 Å². The highest BCUT2D eigenvalue weighted by Crippen LogP contribution is 2.47. The first kappa shape index (κ1) is 23.8. The number of allylic oxidation sites excluding steroid dienone is 1. The number of Topliss-reactive ketones (excluding diaryl/α,β-unsaturated/α-hetero) is 1. The van der Waals surface area contributed by atoms with E-state index in [0.717, 1.165) is 52.4 Å². The van der Waals surface area contributed by atoms with Gasteiger partial charge in [-0.1, -0.05) is 43.3 Å². The summed E-state index contributed by atoms with van der Waals surface area (Å²) in [6.07, 6.45) is 2.02. The highest BCUT2D eigenvalue weighted by Gasteiger charge is 2.37. The predicted molar refractivity (Wildman–Crippen MR) is 142 cm³/mol. The fraction of sp³-hybridized carbons (Fsp3) is 0.300. The molecule has 3 aromatic carbocycles. The minimum Gasteiger partial charge on any atom is -0.497 e. The van der Waals surface area contributed by atoms with Crippen molar-refractivity contribution in [3.05, 3.63) is 89.1 Å². The van der Waals surface area contributed by atoms with E-state index in [-0.39, 0.29) is 17.7 Å². The van der Waals surface area contributed by atoms with Gasteiger partial charge < -0.3 is 24.8 Å². The molecule has 1 aliphatic carbocycles. The summed E-state index contributed by atoms with van der Waals surface area (Å²) < 4.78 is 17.3. The van der Waals surface area contributed by atoms with E-state index in [4.69, 9.17) is 14.2 Å². The molecule has 0 amide bonds. The lowest BCUT2D eigenvalue weighted by atomic mass is 9.78. The lowest BCUT2D eigenvalue weighted by Crippen LogP contribution is -2.27. The molecule has 6 nitrogen and oxygen atoms in total. The van der Waals surface area contributed by atoms with Gasteiger partial charge >= 0.3 is 0 Å². The van der Waals surface area contributed by atoms with E-state index in [1.807, 2.05) is 60.7 Å². The van der Waals surface area contributed by atoms with Gasteiger partial charge in [0.05, 0.1) is 38.2 Å². The number of nitrogens with one attached hydrogen (secondary N) is 2. The number of hydrogen-bond donors (Lipinski definition) is 2. The molecule has 1 aliphatic heterocycles. The molecule has 1 heterocycles. The standard InChI is InChI=1S/C30H32N2O4/c1-4-15-36-30-22(11-8-14-27(30)35-3)29-28-25(31-23-12-5-6-13-24(23)32-29)17-20(18-26(28)33)19-9-7-10-21(16-19)34-2/h5-14,16,20,29,31-32H,4,15,17-18H2,1-3H3. The van der Waals surface area contributed by atoms with Gasteiger partial charge in [0, 0.05) is 23.3 Å². The molecule has 6 heteroatoms. The average molecular weight is 485 g/mol. The van der Waals surface area contributed by atoms with Crippen molar-refractivity contribution in [3.63, 3.8) is 0 Å². The zero-order chi connectivity index (χ0) is 25.1. The second-order valence-corrected chi connectivity index (χ2v) is 9.17. The molecule has 0 saturated carbocycles. The summed E-state index contributed by atoms with van der Waals surface area (Å²) in [4.78, 5) is 13.9. The van der Waals surface area contributed by atoms with Crippen molar-refractivity contribution in [3.8, 4) is 17.2 Å². The van der Waals surface area contributed by atoms with Crippen LogP contribution < -0.4 is 24.8 Å². The van der Waals surface area contributed by atoms with Gasteiger partial charge in [-0.25, -0.2) is 0 Å². The molecule has 2 unspecified atom stereocenters. The Morgan fingerprint density at radius 1 is 0.917 bits per heavy atom. The second kappa shape index (κ2) is 10.4. The number of fused-ring (bicyclic) bond motifs is 1. The van der Waals surface area contributed by atoms with Crippen molar-refractivity contribution in [1.29, 1.82) is 0 Å². The molecule has 0 aromatic heterocycles. The smallest absolute Gasteiger partial charge is 0.166 e. The number of hydrogen-bond acceptors (Lipinski definition) is 6. The van der Waals surface area contributed by atoms with Gasteiger partial charge in [-0.2, -0.15) is 0 Å². The zero-order valence-electron chi connectivity index (χ0n) is 21.0. The molecule has 0 radical (unpaired) electrons. The van der Waals surface area contributed by atoms with Crippen molar-refractivity contribution in [2.45, 2.75) is 38.1 Å². The third kappa shape index (κ3) is 4.51. The molecule has 0 spiro atoms. The molecule has 2 atom stereocenters. The maximum absolute atomic E-state index is 13.9. The largest absolute Gasteiger partial charge is 0.497 e. The Bertz CT molecular complexity index is 1300. The molecular weight excluding hydrogens is 452 g/mol. The third-order valence-electron chi connectivity index (χ3n) is 6.86. The Kier molecular flexibility index (Phi) is 6.85. The van der Waals surface area contributed by atoms with Crippen molar-refractivity contribution in [2.75, 3.05) is 31.5 Å². The van der Waals surface area contributed by atoms with Crippen LogP contribution in [0.5, 0.6) is 17.2 Å². The monoisotopic (exact) mass is 484 g/mol. The van der Waals surface area contributed by atoms with Gasteiger partial charge in [0.2, 0.25) is 0 Å². The van der Waals surface area contributed by atoms with Crippen molar-refractivity contribution in [1.82, 2.24) is 0 Å². The average Bonchev–Trinajstić information content (AvgIpc) is 3.08. The second-order valence-electron chi connectivity index (χ2n) is 9.17. The van der Waals surface area contributed by atoms with Crippen LogP contribution in [0.15, 0.2) is 78.0 Å². The molecule has 0 bridgehead atoms. The topological polar surface area (TPSA) is 68.8 Å². The number of methoxy groups -OCH3 is 2. The summed E-state index contributed by atoms with van der Waals surface area (Å²) in [5, 5.41) is 7.25. The fourth-order valence-corrected chi connectivity index (χ4v) is 5.14. The minimum absolute atomic E-state index is 0.0610. The summed E-state index contributed by atoms with van der Waals surface area (Å²) in [6.45, 7) is 2.63. The molecule has 0 saturated heterocycles. The molecule has 2 N–H and O–H groups in total. The number of rotatable bonds is 7. The van der Waals surface area contributed by atoms with Crippen LogP contribution in [0.4, 0.5) is 11.4 Å². The van der Waals surface area contributed by atoms with E-state index in [2.05, 4.69) is 23.6 Å². The highest BCUT2D eigenvalue weighted by atomic mass is 16.5. The van der Waals surface area contributed by atoms with Gasteiger partial charge in [0.25, 0.3) is 0 Å². The van der Waals surface area contributed by atoms with Gasteiger partial charge in [-0.3, -0.25) is 4.79 Å². The first-order valence-electron chi connectivity index (χ1n) is 12.4. The Morgan fingerprint density at radius 3 is 2.50 bits per heavy atom. The maximum atomic E-state index is 13.9. The molecule has 36 heavy (non-hydrogen) atoms. The summed E-state index contributed by atoms with van der Waals surface area (Å²) in [5.74, 6) is 2.31. The lowest BCUT2D eigenvalue weighted by Gasteiger charge is -2.31. The molecule has 2 aliphatic rings. The van der Waals surface area contributed by atoms with Gasteiger partial charge in [0.15, 0.2) is 17.3 Å². The third-order valence-corrected chi connectivity index (χ3v) is 6.86. The Hall–Kier alpha value is -3.93. The van der Waals surface area contributed by atoms with Crippen molar-refractivity contribution in [2.24, 2.45) is 0 Å². The fourth-order valence-electron chi connectivity index (χ4n) is 5.14. The molecule has 3 aromatic rings. The van der Waals surface area contributed by atoms with E-state index >= 15 is 0 Å². The number of anilines is 2. The highest BCUT2D eigenvalue weighted by molar-refractivity contribution is 6.01. The van der Waals surface area contributed by atoms with Crippen molar-refractivity contribution >= 4 is 17.2 Å². The van der Waals surface area contributed by atoms with Crippen LogP contribution >= 0.6 is 0 Å². The Labute approximate surface area is 212 Å². The van der Waals surface area contributed by atoms with Crippen molar-refractivity contribution < 1.29 is 19.0 Å². The van der Waals surface area contributed by atoms with Gasteiger partial charge in [-0.15, -0.1) is 0 Å². The lowest BCUT2D eigenvalue weighted by molar-refractivity contribution is -0.116. The first-order valence-corrected chi connectivity index (χ1v) is 12.4. The number of ether oxygens (including phenoxy) is 3. The zero-order valence-corrected chi connectivity index (χ0v) is 21.0. The number of carbonyl (C=O) groups is 1. The number of para-hydroxylation sites is 3. The number of carbonyl (C=O) groups excluding carboxylic acids is 1. The number of benzene rings is 3. The number of ketones is 1. The molecular formula is C30H32N2O4. The quantitative estimate of drug-likeness (QED) is 0.400. The van der Waals surface area contributed by atoms with E-state index in [1.54, 1.807) is 14.2 Å². The van der Waals surface area contributed by atoms with Gasteiger partial charge in [-0.05, 0) is 54.7 Å². The van der Waals surface area contributed by atoms with E-state index < -0.39 is 0 Å². The Balaban J connectivity index is 1.63. The normalized spacial score (nSPS) is 18.8. The maximum Gasteiger partial charge on any atom is 0.166 e. The van der Waals surface area contributed by atoms with Crippen LogP contribution in [0.2, 0.25) is 0 Å². The molecule has 5 rings (SSSR count). The van der Waals surface area contributed by atoms with Crippen LogP contribution in [0, 0.1) is 0 Å². The summed E-state index contributed by atoms with van der Waals surface area (Å²) in [6, 6.07) is 21.6. The SMILES string of the molecule is CCCOc1c(OC)cccc1C1Nc2ccccc2NC2=C1C(=O)CC(c1cccc(OC)c1)C2. The van der Waals surface area contributed by atoms with Gasteiger partial charge in [0.1, 0.15) is 5.75 Å². The first-order chi connectivity index (χ1) is 17.6. The minimum atomic E-state index is -0.378. The Morgan fingerprint density at radius 2 is 1.72 bits per heavy atom. The summed E-state index contributed by atoms with van der Waals surface area (Å²) in [7, 11) is 3.31. The van der Waals surface area contributed by atoms with Crippen LogP contribution in [-0.4, -0.2) is 26.6 Å². The van der Waals surface area contributed by atoms with Crippen LogP contribution in [-0.2, 0) is 4.79 Å². The molecule has 0 fully saturated rings. The van der Waals surface area contributed by atoms with Crippen LogP contribution in [0.25, 0.3) is 0 Å². The molecule has 186 valence electrons. The summed E-state index contributed by atoms with van der Waals surface area (Å²) in [5.41, 5.74) is 5.57. The van der Waals surface area contributed by atoms with E-state index in [9.17, 15) is 4.79 Å². The summed E-state index contributed by atoms with van der Waals surface area (Å²) >= 11 is 0. The van der Waals surface area contributed by atoms with Crippen LogP contribution in [0.1, 0.15) is 49.3 Å².